The number of piperazine rings is 1. The summed E-state index contributed by atoms with van der Waals surface area (Å²) in [6.07, 6.45) is -6.83. The van der Waals surface area contributed by atoms with E-state index in [-0.39, 0.29) is 34.8 Å². The second-order valence-corrected chi connectivity index (χ2v) is 9.35. The van der Waals surface area contributed by atoms with Crippen molar-refractivity contribution in [3.8, 4) is 10.6 Å². The van der Waals surface area contributed by atoms with E-state index in [1.807, 2.05) is 0 Å². The number of rotatable bonds is 6. The zero-order chi connectivity index (χ0) is 24.2. The zero-order valence-electron chi connectivity index (χ0n) is 17.9. The molecule has 2 bridgehead atoms. The van der Waals surface area contributed by atoms with Gasteiger partial charge in [0, 0.05) is 30.2 Å². The van der Waals surface area contributed by atoms with Crippen molar-refractivity contribution in [2.75, 3.05) is 24.6 Å². The number of halogens is 3. The monoisotopic (exact) mass is 498 g/mol. The van der Waals surface area contributed by atoms with E-state index in [2.05, 4.69) is 9.97 Å². The van der Waals surface area contributed by atoms with Crippen molar-refractivity contribution < 1.29 is 37.3 Å². The first-order valence-corrected chi connectivity index (χ1v) is 11.5. The molecule has 0 radical (unpaired) electrons. The molecule has 3 fully saturated rings. The smallest absolute Gasteiger partial charge is 0.418 e. The van der Waals surface area contributed by atoms with Crippen LogP contribution in [0.25, 0.3) is 21.7 Å². The number of ether oxygens (including phenoxy) is 1. The van der Waals surface area contributed by atoms with Crippen LogP contribution in [0.3, 0.4) is 0 Å². The van der Waals surface area contributed by atoms with E-state index < -0.39 is 31.1 Å². The zero-order valence-corrected chi connectivity index (χ0v) is 18.7. The molecule has 4 unspecified atom stereocenters. The summed E-state index contributed by atoms with van der Waals surface area (Å²) < 4.78 is 52.9. The summed E-state index contributed by atoms with van der Waals surface area (Å²) in [5.74, 6) is 0. The first kappa shape index (κ1) is 22.9. The Kier molecular flexibility index (Phi) is 5.65. The fraction of sp³-hybridized carbons (Fsp3) is 0.476. The molecule has 0 spiro atoms. The Morgan fingerprint density at radius 3 is 2.68 bits per heavy atom. The van der Waals surface area contributed by atoms with Gasteiger partial charge in [0.25, 0.3) is 6.01 Å². The third kappa shape index (κ3) is 3.97. The normalized spacial score (nSPS) is 22.0. The Morgan fingerprint density at radius 2 is 2.09 bits per heavy atom. The summed E-state index contributed by atoms with van der Waals surface area (Å²) >= 11 is 1.31. The van der Waals surface area contributed by atoms with Gasteiger partial charge in [-0.1, -0.05) is 6.07 Å². The maximum Gasteiger partial charge on any atom is 0.418 e. The number of oxazole rings is 1. The van der Waals surface area contributed by atoms with E-state index in [1.54, 1.807) is 16.5 Å². The van der Waals surface area contributed by atoms with Crippen LogP contribution >= 0.6 is 11.3 Å². The van der Waals surface area contributed by atoms with E-state index >= 15 is 0 Å². The van der Waals surface area contributed by atoms with Crippen molar-refractivity contribution in [2.24, 2.45) is 0 Å². The van der Waals surface area contributed by atoms with Crippen molar-refractivity contribution in [2.45, 2.75) is 43.8 Å². The number of thiazole rings is 1. The third-order valence-corrected chi connectivity index (χ3v) is 6.80. The number of carbonyl (C=O) groups is 1. The molecule has 13 heteroatoms. The number of aromatic nitrogens is 2. The quantitative estimate of drug-likeness (QED) is 0.527. The van der Waals surface area contributed by atoms with Gasteiger partial charge in [0.2, 0.25) is 0 Å². The number of aliphatic hydroxyl groups excluding tert-OH is 1. The molecule has 2 N–H and O–H groups in total. The maximum absolute atomic E-state index is 13.9. The van der Waals surface area contributed by atoms with Gasteiger partial charge in [-0.2, -0.15) is 18.2 Å². The number of hydrogen-bond acceptors (Lipinski definition) is 8. The van der Waals surface area contributed by atoms with Crippen molar-refractivity contribution in [3.63, 3.8) is 0 Å². The van der Waals surface area contributed by atoms with Gasteiger partial charge < -0.3 is 24.3 Å². The molecular weight excluding hydrogens is 477 g/mol. The van der Waals surface area contributed by atoms with E-state index in [0.29, 0.717) is 23.7 Å². The minimum Gasteiger partial charge on any atom is -0.465 e. The Balaban J connectivity index is 1.57. The molecule has 1 amide bonds. The topological polar surface area (TPSA) is 112 Å². The highest BCUT2D eigenvalue weighted by Gasteiger charge is 2.49. The number of piperidine rings is 1. The van der Waals surface area contributed by atoms with Crippen LogP contribution in [0.1, 0.15) is 25.0 Å². The highest BCUT2D eigenvalue weighted by molar-refractivity contribution is 7.13. The van der Waals surface area contributed by atoms with Gasteiger partial charge in [-0.15, -0.1) is 11.3 Å². The largest absolute Gasteiger partial charge is 0.465 e. The first-order chi connectivity index (χ1) is 16.1. The van der Waals surface area contributed by atoms with Crippen LogP contribution in [-0.2, 0) is 4.74 Å². The van der Waals surface area contributed by atoms with Gasteiger partial charge in [0.15, 0.2) is 11.7 Å². The van der Waals surface area contributed by atoms with Crippen LogP contribution < -0.4 is 4.90 Å². The molecule has 3 aliphatic heterocycles. The third-order valence-electron chi connectivity index (χ3n) is 5.99. The maximum atomic E-state index is 13.9. The van der Waals surface area contributed by atoms with Gasteiger partial charge in [0.1, 0.15) is 10.5 Å². The van der Waals surface area contributed by atoms with Crippen molar-refractivity contribution in [1.29, 1.82) is 0 Å². The standard InChI is InChI=1S/C21H21F3N4O5S/c1-10(29)9-32-17(21(22,23)24)13-2-3-14(18-25-4-5-34-18)16-15(13)26-19(33-16)27-7-11-6-12(8-27)28(11)20(30)31/h2-5,10-12,17,29H,6-9H2,1H3,(H,30,31). The lowest BCUT2D eigenvalue weighted by molar-refractivity contribution is -0.228. The molecule has 0 aliphatic carbocycles. The van der Waals surface area contributed by atoms with Crippen LogP contribution in [0, 0.1) is 0 Å². The van der Waals surface area contributed by atoms with Crippen molar-refractivity contribution >= 4 is 34.5 Å². The van der Waals surface area contributed by atoms with Crippen LogP contribution in [0.2, 0.25) is 0 Å². The molecule has 9 nitrogen and oxygen atoms in total. The number of amides is 1. The lowest BCUT2D eigenvalue weighted by Crippen LogP contribution is -2.70. The SMILES string of the molecule is CC(O)COC(c1ccc(-c2nccs2)c2oc(N3CC4CC(C3)N4C(=O)O)nc12)C(F)(F)F. The second-order valence-electron chi connectivity index (χ2n) is 8.46. The molecule has 4 atom stereocenters. The summed E-state index contributed by atoms with van der Waals surface area (Å²) in [5, 5.41) is 21.1. The van der Waals surface area contributed by atoms with Crippen LogP contribution in [0.5, 0.6) is 0 Å². The lowest BCUT2D eigenvalue weighted by Gasteiger charge is -2.54. The lowest BCUT2D eigenvalue weighted by atomic mass is 9.88. The summed E-state index contributed by atoms with van der Waals surface area (Å²) in [6, 6.07) is 2.47. The fourth-order valence-corrected chi connectivity index (χ4v) is 5.22. The molecule has 0 saturated carbocycles. The number of carboxylic acid groups (broad SMARTS) is 1. The van der Waals surface area contributed by atoms with E-state index in [9.17, 15) is 28.2 Å². The molecule has 3 aliphatic rings. The summed E-state index contributed by atoms with van der Waals surface area (Å²) in [5.41, 5.74) is 0.405. The predicted octanol–water partition coefficient (Wildman–Crippen LogP) is 3.89. The molecule has 2 aromatic heterocycles. The molecular formula is C21H21F3N4O5S. The summed E-state index contributed by atoms with van der Waals surface area (Å²) in [6.45, 7) is 1.49. The number of hydrogen-bond donors (Lipinski definition) is 2. The molecule has 3 aromatic rings. The minimum atomic E-state index is -4.75. The average molecular weight is 498 g/mol. The number of anilines is 1. The van der Waals surface area contributed by atoms with E-state index in [1.165, 1.54) is 35.3 Å². The molecule has 5 heterocycles. The number of fused-ring (bicyclic) bond motifs is 3. The Bertz CT molecular complexity index is 1190. The molecule has 3 saturated heterocycles. The highest BCUT2D eigenvalue weighted by Crippen LogP contribution is 2.43. The fourth-order valence-electron chi connectivity index (χ4n) is 4.56. The summed E-state index contributed by atoms with van der Waals surface area (Å²) in [7, 11) is 0. The molecule has 1 aromatic carbocycles. The van der Waals surface area contributed by atoms with Gasteiger partial charge in [-0.3, -0.25) is 4.90 Å². The highest BCUT2D eigenvalue weighted by atomic mass is 32.1. The average Bonchev–Trinajstić information content (AvgIpc) is 3.43. The van der Waals surface area contributed by atoms with E-state index in [4.69, 9.17) is 9.15 Å². The molecule has 34 heavy (non-hydrogen) atoms. The van der Waals surface area contributed by atoms with Gasteiger partial charge >= 0.3 is 12.3 Å². The predicted molar refractivity (Wildman–Crippen MR) is 116 cm³/mol. The van der Waals surface area contributed by atoms with Crippen LogP contribution in [-0.4, -0.2) is 75.2 Å². The van der Waals surface area contributed by atoms with Crippen LogP contribution in [0.15, 0.2) is 28.1 Å². The van der Waals surface area contributed by atoms with Gasteiger partial charge in [-0.25, -0.2) is 9.78 Å². The molecule has 182 valence electrons. The second kappa shape index (κ2) is 8.40. The van der Waals surface area contributed by atoms with Crippen molar-refractivity contribution in [1.82, 2.24) is 14.9 Å². The summed E-state index contributed by atoms with van der Waals surface area (Å²) in [4.78, 5) is 23.2. The number of alkyl halides is 3. The minimum absolute atomic E-state index is 0.00930. The Morgan fingerprint density at radius 1 is 1.35 bits per heavy atom. The number of benzene rings is 1. The van der Waals surface area contributed by atoms with Crippen LogP contribution in [0.4, 0.5) is 24.0 Å². The van der Waals surface area contributed by atoms with E-state index in [0.717, 1.165) is 6.42 Å². The number of nitrogens with zero attached hydrogens (tertiary/aromatic N) is 4. The Labute approximate surface area is 195 Å². The van der Waals surface area contributed by atoms with Gasteiger partial charge in [-0.05, 0) is 19.4 Å². The Hall–Kier alpha value is -2.90. The van der Waals surface area contributed by atoms with Crippen molar-refractivity contribution in [3.05, 3.63) is 29.3 Å². The first-order valence-electron chi connectivity index (χ1n) is 10.6. The molecule has 6 rings (SSSR count). The number of aliphatic hydroxyl groups is 1. The van der Waals surface area contributed by atoms with Gasteiger partial charge in [0.05, 0.1) is 30.4 Å².